The highest BCUT2D eigenvalue weighted by Gasteiger charge is 2.29. The zero-order chi connectivity index (χ0) is 10.4. The molecule has 0 heterocycles. The third-order valence-corrected chi connectivity index (χ3v) is 3.32. The zero-order valence-electron chi connectivity index (χ0n) is 9.88. The Bertz CT molecular complexity index is 149. The number of hydrogen-bond donors (Lipinski definition) is 1. The molecule has 2 heteroatoms. The fourth-order valence-corrected chi connectivity index (χ4v) is 2.48. The van der Waals surface area contributed by atoms with Gasteiger partial charge in [-0.05, 0) is 38.6 Å². The summed E-state index contributed by atoms with van der Waals surface area (Å²) in [5.74, 6) is 0.890. The van der Waals surface area contributed by atoms with Gasteiger partial charge in [0.05, 0.1) is 6.10 Å². The van der Waals surface area contributed by atoms with Crippen molar-refractivity contribution in [2.24, 2.45) is 5.92 Å². The third-order valence-electron chi connectivity index (χ3n) is 3.32. The van der Waals surface area contributed by atoms with Crippen LogP contribution in [0.3, 0.4) is 0 Å². The maximum atomic E-state index is 5.82. The van der Waals surface area contributed by atoms with Crippen LogP contribution in [0.1, 0.15) is 46.5 Å². The molecule has 1 aliphatic rings. The number of rotatable bonds is 5. The van der Waals surface area contributed by atoms with Gasteiger partial charge in [-0.3, -0.25) is 0 Å². The number of nitrogens with one attached hydrogen (secondary N) is 1. The normalized spacial score (nSPS) is 33.2. The SMILES string of the molecule is CCNC1CCC(CC)CC1OCC. The fourth-order valence-electron chi connectivity index (χ4n) is 2.48. The lowest BCUT2D eigenvalue weighted by Gasteiger charge is -2.36. The van der Waals surface area contributed by atoms with Gasteiger partial charge >= 0.3 is 0 Å². The van der Waals surface area contributed by atoms with Gasteiger partial charge in [0.25, 0.3) is 0 Å². The molecule has 1 aliphatic carbocycles. The summed E-state index contributed by atoms with van der Waals surface area (Å²) >= 11 is 0. The van der Waals surface area contributed by atoms with Crippen molar-refractivity contribution in [3.8, 4) is 0 Å². The fraction of sp³-hybridized carbons (Fsp3) is 1.00. The summed E-state index contributed by atoms with van der Waals surface area (Å²) in [7, 11) is 0. The number of ether oxygens (including phenoxy) is 1. The molecule has 1 fully saturated rings. The van der Waals surface area contributed by atoms with Crippen molar-refractivity contribution in [1.29, 1.82) is 0 Å². The lowest BCUT2D eigenvalue weighted by atomic mass is 9.82. The maximum absolute atomic E-state index is 5.82. The summed E-state index contributed by atoms with van der Waals surface area (Å²) in [5.41, 5.74) is 0. The molecule has 1 saturated carbocycles. The Labute approximate surface area is 88.4 Å². The molecule has 0 spiro atoms. The first-order chi connectivity index (χ1) is 6.81. The second kappa shape index (κ2) is 6.41. The van der Waals surface area contributed by atoms with Crippen molar-refractivity contribution in [1.82, 2.24) is 5.32 Å². The minimum atomic E-state index is 0.457. The largest absolute Gasteiger partial charge is 0.377 e. The molecule has 0 radical (unpaired) electrons. The van der Waals surface area contributed by atoms with Crippen LogP contribution in [0.25, 0.3) is 0 Å². The second-order valence-corrected chi connectivity index (χ2v) is 4.25. The van der Waals surface area contributed by atoms with E-state index < -0.39 is 0 Å². The molecule has 3 atom stereocenters. The minimum absolute atomic E-state index is 0.457. The Kier molecular flexibility index (Phi) is 5.49. The van der Waals surface area contributed by atoms with Crippen LogP contribution >= 0.6 is 0 Å². The van der Waals surface area contributed by atoms with Crippen LogP contribution in [0.15, 0.2) is 0 Å². The first-order valence-electron chi connectivity index (χ1n) is 6.16. The molecule has 0 aromatic rings. The van der Waals surface area contributed by atoms with Crippen LogP contribution in [-0.4, -0.2) is 25.3 Å². The maximum Gasteiger partial charge on any atom is 0.0730 e. The summed E-state index contributed by atoms with van der Waals surface area (Å²) in [4.78, 5) is 0. The van der Waals surface area contributed by atoms with E-state index >= 15 is 0 Å². The molecule has 1 rings (SSSR count). The van der Waals surface area contributed by atoms with E-state index in [0.29, 0.717) is 12.1 Å². The molecule has 0 aromatic carbocycles. The van der Waals surface area contributed by atoms with Gasteiger partial charge in [0, 0.05) is 12.6 Å². The van der Waals surface area contributed by atoms with Crippen LogP contribution in [0.2, 0.25) is 0 Å². The molecule has 0 bridgehead atoms. The van der Waals surface area contributed by atoms with E-state index in [2.05, 4.69) is 26.1 Å². The Morgan fingerprint density at radius 2 is 2.00 bits per heavy atom. The van der Waals surface area contributed by atoms with Gasteiger partial charge in [0.2, 0.25) is 0 Å². The molecular weight excluding hydrogens is 174 g/mol. The van der Waals surface area contributed by atoms with Gasteiger partial charge in [0.1, 0.15) is 0 Å². The average molecular weight is 199 g/mol. The monoisotopic (exact) mass is 199 g/mol. The Balaban J connectivity index is 2.42. The van der Waals surface area contributed by atoms with E-state index in [9.17, 15) is 0 Å². The van der Waals surface area contributed by atoms with Crippen LogP contribution < -0.4 is 5.32 Å². The van der Waals surface area contributed by atoms with Gasteiger partial charge < -0.3 is 10.1 Å². The third kappa shape index (κ3) is 3.25. The van der Waals surface area contributed by atoms with Crippen molar-refractivity contribution in [3.05, 3.63) is 0 Å². The van der Waals surface area contributed by atoms with E-state index in [1.807, 2.05) is 0 Å². The standard InChI is InChI=1S/C12H25NO/c1-4-10-7-8-11(13-5-2)12(9-10)14-6-3/h10-13H,4-9H2,1-3H3. The van der Waals surface area contributed by atoms with Crippen LogP contribution in [-0.2, 0) is 4.74 Å². The predicted molar refractivity (Wildman–Crippen MR) is 60.5 cm³/mol. The predicted octanol–water partition coefficient (Wildman–Crippen LogP) is 2.58. The summed E-state index contributed by atoms with van der Waals surface area (Å²) in [6.45, 7) is 8.47. The van der Waals surface area contributed by atoms with E-state index in [0.717, 1.165) is 19.1 Å². The first-order valence-corrected chi connectivity index (χ1v) is 6.16. The number of hydrogen-bond acceptors (Lipinski definition) is 2. The molecule has 0 aromatic heterocycles. The highest BCUT2D eigenvalue weighted by molar-refractivity contribution is 4.85. The van der Waals surface area contributed by atoms with Crippen molar-refractivity contribution in [2.45, 2.75) is 58.6 Å². The summed E-state index contributed by atoms with van der Waals surface area (Å²) in [5, 5.41) is 3.54. The smallest absolute Gasteiger partial charge is 0.0730 e. The first kappa shape index (κ1) is 12.0. The number of likely N-dealkylation sites (N-methyl/N-ethyl adjacent to an activating group) is 1. The second-order valence-electron chi connectivity index (χ2n) is 4.25. The van der Waals surface area contributed by atoms with Gasteiger partial charge in [0.15, 0.2) is 0 Å². The lowest BCUT2D eigenvalue weighted by molar-refractivity contribution is -0.00366. The Hall–Kier alpha value is -0.0800. The molecule has 84 valence electrons. The molecule has 14 heavy (non-hydrogen) atoms. The summed E-state index contributed by atoms with van der Waals surface area (Å²) in [6, 6.07) is 0.600. The Morgan fingerprint density at radius 3 is 2.57 bits per heavy atom. The zero-order valence-corrected chi connectivity index (χ0v) is 9.88. The molecule has 0 amide bonds. The van der Waals surface area contributed by atoms with Crippen LogP contribution in [0.4, 0.5) is 0 Å². The minimum Gasteiger partial charge on any atom is -0.377 e. The highest BCUT2D eigenvalue weighted by Crippen LogP contribution is 2.28. The molecule has 0 saturated heterocycles. The Morgan fingerprint density at radius 1 is 1.21 bits per heavy atom. The average Bonchev–Trinajstić information content (AvgIpc) is 2.21. The van der Waals surface area contributed by atoms with E-state index in [4.69, 9.17) is 4.74 Å². The lowest BCUT2D eigenvalue weighted by Crippen LogP contribution is -2.45. The quantitative estimate of drug-likeness (QED) is 0.735. The van der Waals surface area contributed by atoms with E-state index in [1.54, 1.807) is 0 Å². The van der Waals surface area contributed by atoms with Gasteiger partial charge in [-0.15, -0.1) is 0 Å². The molecule has 3 unspecified atom stereocenters. The molecule has 0 aliphatic heterocycles. The van der Waals surface area contributed by atoms with E-state index in [1.165, 1.54) is 25.7 Å². The van der Waals surface area contributed by atoms with Gasteiger partial charge in [-0.1, -0.05) is 20.3 Å². The van der Waals surface area contributed by atoms with E-state index in [-0.39, 0.29) is 0 Å². The van der Waals surface area contributed by atoms with Gasteiger partial charge in [-0.2, -0.15) is 0 Å². The van der Waals surface area contributed by atoms with Crippen molar-refractivity contribution in [3.63, 3.8) is 0 Å². The van der Waals surface area contributed by atoms with Gasteiger partial charge in [-0.25, -0.2) is 0 Å². The topological polar surface area (TPSA) is 21.3 Å². The molecular formula is C12H25NO. The van der Waals surface area contributed by atoms with Crippen molar-refractivity contribution < 1.29 is 4.74 Å². The molecule has 1 N–H and O–H groups in total. The molecule has 2 nitrogen and oxygen atoms in total. The van der Waals surface area contributed by atoms with Crippen LogP contribution in [0, 0.1) is 5.92 Å². The van der Waals surface area contributed by atoms with Crippen molar-refractivity contribution >= 4 is 0 Å². The summed E-state index contributed by atoms with van der Waals surface area (Å²) in [6.07, 6.45) is 5.68. The van der Waals surface area contributed by atoms with Crippen LogP contribution in [0.5, 0.6) is 0 Å². The highest BCUT2D eigenvalue weighted by atomic mass is 16.5. The van der Waals surface area contributed by atoms with Crippen molar-refractivity contribution in [2.75, 3.05) is 13.2 Å². The summed E-state index contributed by atoms with van der Waals surface area (Å²) < 4.78 is 5.82.